The molecule has 1 heterocycles. The van der Waals surface area contributed by atoms with E-state index < -0.39 is 0 Å². The standard InChI is InChI=1S/C18H18N8/c1-10-2-3-11-7-14(4-5-16(11)23-10)24-26-25-15-8-12(17(19)20)6-13(9-15)18(21)22/h2-9H,1H3,(H3,19,20)(H3,21,22)(H,24,25). The second kappa shape index (κ2) is 6.98. The lowest BCUT2D eigenvalue weighted by Crippen LogP contribution is -2.16. The lowest BCUT2D eigenvalue weighted by molar-refractivity contribution is 1.13. The van der Waals surface area contributed by atoms with Gasteiger partial charge >= 0.3 is 0 Å². The highest BCUT2D eigenvalue weighted by atomic mass is 15.4. The molecule has 0 spiro atoms. The van der Waals surface area contributed by atoms with Crippen LogP contribution in [0.25, 0.3) is 10.9 Å². The molecular weight excluding hydrogens is 328 g/mol. The summed E-state index contributed by atoms with van der Waals surface area (Å²) in [4.78, 5) is 4.45. The van der Waals surface area contributed by atoms with Crippen LogP contribution >= 0.6 is 0 Å². The van der Waals surface area contributed by atoms with Gasteiger partial charge in [-0.3, -0.25) is 21.2 Å². The Morgan fingerprint density at radius 1 is 0.962 bits per heavy atom. The molecule has 3 rings (SSSR count). The molecule has 0 saturated heterocycles. The number of nitrogens with zero attached hydrogens (tertiary/aromatic N) is 3. The van der Waals surface area contributed by atoms with Crippen molar-refractivity contribution in [3.05, 3.63) is 65.4 Å². The SMILES string of the molecule is Cc1ccc2cc(N=NNc3cc(C(=N)N)cc(C(=N)N)c3)ccc2n1. The predicted molar refractivity (Wildman–Crippen MR) is 103 cm³/mol. The average Bonchev–Trinajstić information content (AvgIpc) is 2.61. The van der Waals surface area contributed by atoms with Gasteiger partial charge in [0, 0.05) is 22.2 Å². The number of benzene rings is 2. The fourth-order valence-electron chi connectivity index (χ4n) is 2.42. The molecule has 130 valence electrons. The number of amidine groups is 2. The Labute approximate surface area is 150 Å². The molecule has 0 radical (unpaired) electrons. The number of nitrogen functional groups attached to an aromatic ring is 2. The Morgan fingerprint density at radius 3 is 2.31 bits per heavy atom. The molecule has 0 aliphatic heterocycles. The molecule has 0 aliphatic rings. The molecule has 8 heteroatoms. The summed E-state index contributed by atoms with van der Waals surface area (Å²) in [6.45, 7) is 1.95. The third-order valence-electron chi connectivity index (χ3n) is 3.71. The molecule has 0 atom stereocenters. The van der Waals surface area contributed by atoms with Crippen molar-refractivity contribution in [2.75, 3.05) is 5.43 Å². The first kappa shape index (κ1) is 17.0. The highest BCUT2D eigenvalue weighted by molar-refractivity contribution is 6.01. The Hall–Kier alpha value is -3.81. The van der Waals surface area contributed by atoms with Crippen LogP contribution in [0.15, 0.2) is 58.9 Å². The Bertz CT molecular complexity index is 1010. The minimum atomic E-state index is -0.120. The van der Waals surface area contributed by atoms with Gasteiger partial charge in [0.05, 0.1) is 16.9 Å². The van der Waals surface area contributed by atoms with Crippen molar-refractivity contribution < 1.29 is 0 Å². The summed E-state index contributed by atoms with van der Waals surface area (Å²) in [5.74, 6) is -0.240. The fraction of sp³-hybridized carbons (Fsp3) is 0.0556. The van der Waals surface area contributed by atoms with E-state index in [2.05, 4.69) is 20.7 Å². The molecule has 26 heavy (non-hydrogen) atoms. The second-order valence-corrected chi connectivity index (χ2v) is 5.77. The van der Waals surface area contributed by atoms with Gasteiger partial charge in [0.1, 0.15) is 11.7 Å². The lowest BCUT2D eigenvalue weighted by atomic mass is 10.1. The monoisotopic (exact) mass is 346 g/mol. The number of pyridine rings is 1. The molecule has 0 amide bonds. The fourth-order valence-corrected chi connectivity index (χ4v) is 2.42. The molecule has 2 aromatic carbocycles. The molecule has 0 fully saturated rings. The van der Waals surface area contributed by atoms with Crippen LogP contribution in [-0.2, 0) is 0 Å². The highest BCUT2D eigenvalue weighted by Crippen LogP contribution is 2.21. The van der Waals surface area contributed by atoms with E-state index in [1.165, 1.54) is 0 Å². The third kappa shape index (κ3) is 3.81. The van der Waals surface area contributed by atoms with E-state index in [1.807, 2.05) is 37.3 Å². The lowest BCUT2D eigenvalue weighted by Gasteiger charge is -2.07. The van der Waals surface area contributed by atoms with Crippen molar-refractivity contribution in [2.45, 2.75) is 6.92 Å². The number of hydrogen-bond acceptors (Lipinski definition) is 5. The first-order valence-electron chi connectivity index (χ1n) is 7.80. The summed E-state index contributed by atoms with van der Waals surface area (Å²) < 4.78 is 0. The summed E-state index contributed by atoms with van der Waals surface area (Å²) in [6, 6.07) is 14.4. The van der Waals surface area contributed by atoms with Crippen LogP contribution in [0.5, 0.6) is 0 Å². The Kier molecular flexibility index (Phi) is 4.57. The molecule has 0 bridgehead atoms. The largest absolute Gasteiger partial charge is 0.384 e. The summed E-state index contributed by atoms with van der Waals surface area (Å²) in [5.41, 5.74) is 17.8. The minimum absolute atomic E-state index is 0.120. The van der Waals surface area contributed by atoms with Crippen LogP contribution < -0.4 is 16.9 Å². The van der Waals surface area contributed by atoms with Gasteiger partial charge in [-0.25, -0.2) is 0 Å². The van der Waals surface area contributed by atoms with Crippen LogP contribution in [0, 0.1) is 17.7 Å². The topological polar surface area (TPSA) is 149 Å². The van der Waals surface area contributed by atoms with Crippen LogP contribution in [0.4, 0.5) is 11.4 Å². The van der Waals surface area contributed by atoms with Gasteiger partial charge in [-0.15, -0.1) is 5.11 Å². The van der Waals surface area contributed by atoms with E-state index in [4.69, 9.17) is 22.3 Å². The van der Waals surface area contributed by atoms with E-state index in [-0.39, 0.29) is 11.7 Å². The van der Waals surface area contributed by atoms with E-state index >= 15 is 0 Å². The van der Waals surface area contributed by atoms with Crippen molar-refractivity contribution in [1.29, 1.82) is 10.8 Å². The van der Waals surface area contributed by atoms with E-state index in [9.17, 15) is 0 Å². The van der Waals surface area contributed by atoms with E-state index in [0.29, 0.717) is 22.5 Å². The number of nitrogens with one attached hydrogen (secondary N) is 3. The highest BCUT2D eigenvalue weighted by Gasteiger charge is 2.05. The van der Waals surface area contributed by atoms with Gasteiger partial charge in [-0.2, -0.15) is 0 Å². The maximum absolute atomic E-state index is 7.55. The van der Waals surface area contributed by atoms with Crippen molar-refractivity contribution in [1.82, 2.24) is 4.98 Å². The number of rotatable bonds is 5. The van der Waals surface area contributed by atoms with Crippen molar-refractivity contribution in [3.8, 4) is 0 Å². The number of hydrogen-bond donors (Lipinski definition) is 5. The summed E-state index contributed by atoms with van der Waals surface area (Å²) >= 11 is 0. The summed E-state index contributed by atoms with van der Waals surface area (Å²) in [5, 5.41) is 24.2. The predicted octanol–water partition coefficient (Wildman–Crippen LogP) is 3.22. The maximum Gasteiger partial charge on any atom is 0.122 e. The summed E-state index contributed by atoms with van der Waals surface area (Å²) in [7, 11) is 0. The molecule has 0 saturated carbocycles. The second-order valence-electron chi connectivity index (χ2n) is 5.77. The summed E-state index contributed by atoms with van der Waals surface area (Å²) in [6.07, 6.45) is 0. The maximum atomic E-state index is 7.55. The normalized spacial score (nSPS) is 11.0. The van der Waals surface area contributed by atoms with Crippen molar-refractivity contribution in [3.63, 3.8) is 0 Å². The zero-order valence-corrected chi connectivity index (χ0v) is 14.1. The number of fused-ring (bicyclic) bond motifs is 1. The molecule has 3 aromatic rings. The van der Waals surface area contributed by atoms with Crippen molar-refractivity contribution in [2.24, 2.45) is 21.8 Å². The van der Waals surface area contributed by atoms with Crippen LogP contribution in [-0.4, -0.2) is 16.7 Å². The number of nitrogens with two attached hydrogens (primary N) is 2. The molecular formula is C18H18N8. The first-order chi connectivity index (χ1) is 12.4. The zero-order chi connectivity index (χ0) is 18.7. The number of aryl methyl sites for hydroxylation is 1. The third-order valence-corrected chi connectivity index (χ3v) is 3.71. The van der Waals surface area contributed by atoms with Gasteiger partial charge in [-0.05, 0) is 49.4 Å². The van der Waals surface area contributed by atoms with Gasteiger partial charge in [0.25, 0.3) is 0 Å². The van der Waals surface area contributed by atoms with Crippen LogP contribution in [0.3, 0.4) is 0 Å². The van der Waals surface area contributed by atoms with Crippen LogP contribution in [0.1, 0.15) is 16.8 Å². The minimum Gasteiger partial charge on any atom is -0.384 e. The van der Waals surface area contributed by atoms with E-state index in [1.54, 1.807) is 18.2 Å². The van der Waals surface area contributed by atoms with Gasteiger partial charge < -0.3 is 11.5 Å². The molecule has 0 unspecified atom stereocenters. The smallest absolute Gasteiger partial charge is 0.122 e. The van der Waals surface area contributed by atoms with Crippen LogP contribution in [0.2, 0.25) is 0 Å². The quantitative estimate of drug-likeness (QED) is 0.208. The van der Waals surface area contributed by atoms with E-state index in [0.717, 1.165) is 16.6 Å². The first-order valence-corrected chi connectivity index (χ1v) is 7.80. The Balaban J connectivity index is 1.83. The molecule has 7 N–H and O–H groups in total. The number of anilines is 1. The van der Waals surface area contributed by atoms with Gasteiger partial charge in [-0.1, -0.05) is 11.3 Å². The Morgan fingerprint density at radius 2 is 1.65 bits per heavy atom. The average molecular weight is 346 g/mol. The van der Waals surface area contributed by atoms with Gasteiger partial charge in [0.15, 0.2) is 0 Å². The zero-order valence-electron chi connectivity index (χ0n) is 14.1. The molecule has 1 aromatic heterocycles. The molecule has 0 aliphatic carbocycles. The van der Waals surface area contributed by atoms with Gasteiger partial charge in [0.2, 0.25) is 0 Å². The number of aromatic nitrogens is 1. The van der Waals surface area contributed by atoms with Crippen molar-refractivity contribution >= 4 is 33.9 Å². The molecule has 8 nitrogen and oxygen atoms in total.